The lowest BCUT2D eigenvalue weighted by Crippen LogP contribution is -2.17. The topological polar surface area (TPSA) is 159 Å². The molecule has 0 aliphatic heterocycles. The van der Waals surface area contributed by atoms with E-state index in [1.807, 2.05) is 0 Å². The molecule has 0 fully saturated rings. The number of hydrogen-bond acceptors (Lipinski definition) is 6. The molecule has 2 aromatic rings. The van der Waals surface area contributed by atoms with Crippen LogP contribution in [0, 0.1) is 0 Å². The van der Waals surface area contributed by atoms with Crippen LogP contribution in [-0.2, 0) is 20.0 Å². The van der Waals surface area contributed by atoms with Gasteiger partial charge in [-0.2, -0.15) is 0 Å². The number of nitrogens with two attached hydrogens (primary N) is 2. The van der Waals surface area contributed by atoms with Crippen molar-refractivity contribution in [3.05, 3.63) is 48.0 Å². The van der Waals surface area contributed by atoms with Crippen molar-refractivity contribution in [1.82, 2.24) is 0 Å². The lowest BCUT2D eigenvalue weighted by Gasteiger charge is -2.11. The van der Waals surface area contributed by atoms with Crippen LogP contribution in [0.5, 0.6) is 5.75 Å². The molecular weight excluding hydrogens is 370 g/mol. The fraction of sp³-hybridized carbons (Fsp3) is 0.0714. The molecule has 0 saturated heterocycles. The Balaban J connectivity index is 2.42. The summed E-state index contributed by atoms with van der Waals surface area (Å²) in [4.78, 5) is 12.0. The molecule has 5 N–H and O–H groups in total. The number of rotatable bonds is 5. The second-order valence-corrected chi connectivity index (χ2v) is 8.06. The number of amides is 1. The molecule has 0 unspecified atom stereocenters. The van der Waals surface area contributed by atoms with E-state index in [2.05, 4.69) is 5.32 Å². The maximum Gasteiger partial charge on any atom is 0.259 e. The highest BCUT2D eigenvalue weighted by atomic mass is 32.2. The minimum Gasteiger partial charge on any atom is -0.496 e. The van der Waals surface area contributed by atoms with Gasteiger partial charge in [-0.15, -0.1) is 0 Å². The lowest BCUT2D eigenvalue weighted by molar-refractivity contribution is 0.102. The van der Waals surface area contributed by atoms with E-state index in [0.717, 1.165) is 6.07 Å². The summed E-state index contributed by atoms with van der Waals surface area (Å²) in [6, 6.07) is 8.83. The zero-order valence-corrected chi connectivity index (χ0v) is 14.6. The van der Waals surface area contributed by atoms with Gasteiger partial charge in [0.1, 0.15) is 5.75 Å². The predicted molar refractivity (Wildman–Crippen MR) is 90.1 cm³/mol. The highest BCUT2D eigenvalue weighted by molar-refractivity contribution is 7.89. The molecule has 0 spiro atoms. The van der Waals surface area contributed by atoms with E-state index in [9.17, 15) is 21.6 Å². The fourth-order valence-corrected chi connectivity index (χ4v) is 3.09. The number of carbonyl (C=O) groups excluding carboxylic acids is 1. The molecule has 2 rings (SSSR count). The second-order valence-electron chi connectivity index (χ2n) is 4.93. The number of benzene rings is 2. The summed E-state index contributed by atoms with van der Waals surface area (Å²) in [6.07, 6.45) is 0. The van der Waals surface area contributed by atoms with E-state index >= 15 is 0 Å². The number of nitrogens with one attached hydrogen (secondary N) is 1. The Bertz CT molecular complexity index is 1030. The first kappa shape index (κ1) is 18.9. The average molecular weight is 385 g/mol. The zero-order chi connectivity index (χ0) is 18.8. The molecule has 134 valence electrons. The zero-order valence-electron chi connectivity index (χ0n) is 13.0. The summed E-state index contributed by atoms with van der Waals surface area (Å²) in [6.45, 7) is 0. The minimum absolute atomic E-state index is 0.0879. The monoisotopic (exact) mass is 385 g/mol. The van der Waals surface area contributed by atoms with Gasteiger partial charge in [0.2, 0.25) is 20.0 Å². The van der Waals surface area contributed by atoms with Crippen molar-refractivity contribution >= 4 is 31.6 Å². The van der Waals surface area contributed by atoms with Gasteiger partial charge in [-0.3, -0.25) is 4.79 Å². The van der Waals surface area contributed by atoms with Crippen molar-refractivity contribution in [3.63, 3.8) is 0 Å². The third kappa shape index (κ3) is 4.54. The van der Waals surface area contributed by atoms with E-state index in [1.165, 1.54) is 43.5 Å². The van der Waals surface area contributed by atoms with E-state index in [0.29, 0.717) is 0 Å². The van der Waals surface area contributed by atoms with Gasteiger partial charge < -0.3 is 10.1 Å². The van der Waals surface area contributed by atoms with Crippen molar-refractivity contribution in [3.8, 4) is 5.75 Å². The second kappa shape index (κ2) is 6.80. The molecule has 0 aliphatic carbocycles. The van der Waals surface area contributed by atoms with Crippen LogP contribution in [0.4, 0.5) is 5.69 Å². The Labute approximate surface area is 144 Å². The van der Waals surface area contributed by atoms with Crippen LogP contribution < -0.4 is 20.3 Å². The molecule has 1 amide bonds. The van der Waals surface area contributed by atoms with E-state index in [-0.39, 0.29) is 26.8 Å². The molecular formula is C14H15N3O6S2. The summed E-state index contributed by atoms with van der Waals surface area (Å²) in [7, 11) is -6.64. The van der Waals surface area contributed by atoms with E-state index in [1.54, 1.807) is 0 Å². The fourth-order valence-electron chi connectivity index (χ4n) is 1.99. The van der Waals surface area contributed by atoms with Crippen molar-refractivity contribution in [2.24, 2.45) is 10.3 Å². The largest absolute Gasteiger partial charge is 0.496 e. The predicted octanol–water partition coefficient (Wildman–Crippen LogP) is 0.242. The number of hydrogen-bond donors (Lipinski definition) is 3. The average Bonchev–Trinajstić information content (AvgIpc) is 2.52. The Morgan fingerprint density at radius 2 is 1.56 bits per heavy atom. The van der Waals surface area contributed by atoms with Gasteiger partial charge in [-0.1, -0.05) is 6.07 Å². The third-order valence-electron chi connectivity index (χ3n) is 3.16. The summed E-state index contributed by atoms with van der Waals surface area (Å²) in [5, 5.41) is 12.5. The van der Waals surface area contributed by atoms with Crippen LogP contribution >= 0.6 is 0 Å². The standard InChI is InChI=1S/C14H15N3O6S2/c1-23-13-6-5-11(25(16,21)22)8-12(13)14(18)17-9-3-2-4-10(7-9)24(15,19)20/h2-8H,1H3,(H,17,18)(H2,15,19,20)(H2,16,21,22). The molecule has 0 bridgehead atoms. The number of anilines is 1. The SMILES string of the molecule is COc1ccc(S(N)(=O)=O)cc1C(=O)Nc1cccc(S(N)(=O)=O)c1. The Hall–Kier alpha value is -2.47. The maximum atomic E-state index is 12.4. The summed E-state index contributed by atoms with van der Waals surface area (Å²) < 4.78 is 50.6. The van der Waals surface area contributed by atoms with Crippen LogP contribution in [0.3, 0.4) is 0 Å². The number of carbonyl (C=O) groups is 1. The quantitative estimate of drug-likeness (QED) is 0.668. The maximum absolute atomic E-state index is 12.4. The molecule has 2 aromatic carbocycles. The van der Waals surface area contributed by atoms with E-state index in [4.69, 9.17) is 15.0 Å². The third-order valence-corrected chi connectivity index (χ3v) is 4.99. The van der Waals surface area contributed by atoms with Gasteiger partial charge >= 0.3 is 0 Å². The molecule has 11 heteroatoms. The molecule has 9 nitrogen and oxygen atoms in total. The van der Waals surface area contributed by atoms with Gasteiger partial charge in [0.25, 0.3) is 5.91 Å². The Kier molecular flexibility index (Phi) is 5.13. The van der Waals surface area contributed by atoms with Gasteiger partial charge in [0, 0.05) is 5.69 Å². The van der Waals surface area contributed by atoms with E-state index < -0.39 is 26.0 Å². The lowest BCUT2D eigenvalue weighted by atomic mass is 10.2. The van der Waals surface area contributed by atoms with Crippen LogP contribution in [0.1, 0.15) is 10.4 Å². The van der Waals surface area contributed by atoms with Gasteiger partial charge in [-0.05, 0) is 36.4 Å². The number of methoxy groups -OCH3 is 1. The number of ether oxygens (including phenoxy) is 1. The first-order chi connectivity index (χ1) is 11.5. The normalized spacial score (nSPS) is 11.8. The minimum atomic E-state index is -4.01. The van der Waals surface area contributed by atoms with Crippen LogP contribution in [-0.4, -0.2) is 29.9 Å². The van der Waals surface area contributed by atoms with Crippen molar-refractivity contribution < 1.29 is 26.4 Å². The van der Waals surface area contributed by atoms with Crippen LogP contribution in [0.25, 0.3) is 0 Å². The molecule has 0 radical (unpaired) electrons. The molecule has 0 saturated carbocycles. The van der Waals surface area contributed by atoms with Gasteiger partial charge in [0.05, 0.1) is 22.5 Å². The Morgan fingerprint density at radius 3 is 2.12 bits per heavy atom. The van der Waals surface area contributed by atoms with Gasteiger partial charge in [-0.25, -0.2) is 27.1 Å². The van der Waals surface area contributed by atoms with Crippen molar-refractivity contribution in [1.29, 1.82) is 0 Å². The van der Waals surface area contributed by atoms with Gasteiger partial charge in [0.15, 0.2) is 0 Å². The molecule has 0 atom stereocenters. The van der Waals surface area contributed by atoms with Crippen LogP contribution in [0.2, 0.25) is 0 Å². The Morgan fingerprint density at radius 1 is 0.960 bits per heavy atom. The summed E-state index contributed by atoms with van der Waals surface area (Å²) >= 11 is 0. The summed E-state index contributed by atoms with van der Waals surface area (Å²) in [5.41, 5.74) is 0.0645. The summed E-state index contributed by atoms with van der Waals surface area (Å²) in [5.74, 6) is -0.596. The highest BCUT2D eigenvalue weighted by Crippen LogP contribution is 2.23. The molecule has 25 heavy (non-hydrogen) atoms. The van der Waals surface area contributed by atoms with Crippen molar-refractivity contribution in [2.75, 3.05) is 12.4 Å². The molecule has 0 heterocycles. The van der Waals surface area contributed by atoms with Crippen molar-refractivity contribution in [2.45, 2.75) is 9.79 Å². The number of sulfonamides is 2. The smallest absolute Gasteiger partial charge is 0.259 e. The molecule has 0 aliphatic rings. The number of primary sulfonamides is 2. The first-order valence-electron chi connectivity index (χ1n) is 6.67. The first-order valence-corrected chi connectivity index (χ1v) is 9.76. The van der Waals surface area contributed by atoms with Crippen LogP contribution in [0.15, 0.2) is 52.3 Å². The highest BCUT2D eigenvalue weighted by Gasteiger charge is 2.18. The molecule has 0 aromatic heterocycles.